The van der Waals surface area contributed by atoms with Crippen molar-refractivity contribution in [3.05, 3.63) is 35.9 Å². The Kier molecular flexibility index (Phi) is 6.59. The molecule has 1 heterocycles. The van der Waals surface area contributed by atoms with Gasteiger partial charge in [-0.25, -0.2) is 0 Å². The molecule has 1 aromatic carbocycles. The predicted octanol–water partition coefficient (Wildman–Crippen LogP) is 2.46. The van der Waals surface area contributed by atoms with Gasteiger partial charge in [-0.3, -0.25) is 9.59 Å². The van der Waals surface area contributed by atoms with Crippen molar-refractivity contribution in [2.75, 3.05) is 26.3 Å². The van der Waals surface area contributed by atoms with Crippen LogP contribution in [0, 0.1) is 5.92 Å². The summed E-state index contributed by atoms with van der Waals surface area (Å²) in [6.07, 6.45) is 3.14. The van der Waals surface area contributed by atoms with Crippen LogP contribution in [0.1, 0.15) is 31.7 Å². The minimum atomic E-state index is -0.0111. The van der Waals surface area contributed by atoms with Gasteiger partial charge in [0.25, 0.3) is 0 Å². The molecule has 1 aliphatic heterocycles. The smallest absolute Gasteiger partial charge is 0.248 e. The summed E-state index contributed by atoms with van der Waals surface area (Å²) in [5.74, 6) is 0.267. The van der Waals surface area contributed by atoms with E-state index in [9.17, 15) is 9.59 Å². The summed E-state index contributed by atoms with van der Waals surface area (Å²) in [5.41, 5.74) is 1.19. The first-order valence-electron chi connectivity index (χ1n) is 8.13. The number of likely N-dealkylation sites (tertiary alicyclic amines) is 1. The quantitative estimate of drug-likeness (QED) is 0.777. The molecule has 1 amide bonds. The molecule has 2 rings (SSSR count). The Hall–Kier alpha value is -1.68. The monoisotopic (exact) mass is 303 g/mol. The summed E-state index contributed by atoms with van der Waals surface area (Å²) in [4.78, 5) is 26.2. The summed E-state index contributed by atoms with van der Waals surface area (Å²) < 4.78 is 5.17. The number of hydrogen-bond acceptors (Lipinski definition) is 3. The van der Waals surface area contributed by atoms with Crippen molar-refractivity contribution in [3.63, 3.8) is 0 Å². The molecule has 0 spiro atoms. The summed E-state index contributed by atoms with van der Waals surface area (Å²) in [6, 6.07) is 10.1. The molecule has 4 heteroatoms. The Bertz CT molecular complexity index is 486. The van der Waals surface area contributed by atoms with Crippen LogP contribution in [-0.2, 0) is 20.7 Å². The van der Waals surface area contributed by atoms with E-state index in [1.807, 2.05) is 37.3 Å². The molecule has 1 unspecified atom stereocenters. The fourth-order valence-corrected chi connectivity index (χ4v) is 2.86. The van der Waals surface area contributed by atoms with Crippen LogP contribution in [-0.4, -0.2) is 42.9 Å². The average Bonchev–Trinajstić information content (AvgIpc) is 2.58. The van der Waals surface area contributed by atoms with E-state index in [4.69, 9.17) is 4.74 Å². The van der Waals surface area contributed by atoms with E-state index >= 15 is 0 Å². The third-order valence-electron chi connectivity index (χ3n) is 4.16. The number of aryl methyl sites for hydroxylation is 1. The SMILES string of the molecule is CCOCC(=O)N1CCCC(C(=O)CCc2ccccc2)C1. The first kappa shape index (κ1) is 16.7. The summed E-state index contributed by atoms with van der Waals surface area (Å²) in [6.45, 7) is 3.84. The maximum absolute atomic E-state index is 12.4. The molecule has 1 fully saturated rings. The van der Waals surface area contributed by atoms with Crippen LogP contribution < -0.4 is 0 Å². The van der Waals surface area contributed by atoms with Crippen molar-refractivity contribution in [3.8, 4) is 0 Å². The fourth-order valence-electron chi connectivity index (χ4n) is 2.86. The second-order valence-corrected chi connectivity index (χ2v) is 5.77. The highest BCUT2D eigenvalue weighted by Gasteiger charge is 2.27. The molecular formula is C18H25NO3. The first-order valence-corrected chi connectivity index (χ1v) is 8.13. The average molecular weight is 303 g/mol. The van der Waals surface area contributed by atoms with Gasteiger partial charge in [0.2, 0.25) is 5.91 Å². The minimum absolute atomic E-state index is 0.00223. The number of rotatable bonds is 7. The van der Waals surface area contributed by atoms with E-state index in [1.54, 1.807) is 4.90 Å². The number of carbonyl (C=O) groups is 2. The number of Topliss-reactive ketones (excluding diaryl/α,β-unsaturated/α-hetero) is 1. The van der Waals surface area contributed by atoms with Crippen molar-refractivity contribution in [1.29, 1.82) is 0 Å². The van der Waals surface area contributed by atoms with E-state index in [0.717, 1.165) is 25.8 Å². The van der Waals surface area contributed by atoms with E-state index in [2.05, 4.69) is 0 Å². The molecule has 1 aliphatic rings. The normalized spacial score (nSPS) is 18.2. The van der Waals surface area contributed by atoms with Crippen LogP contribution in [0.5, 0.6) is 0 Å². The van der Waals surface area contributed by atoms with E-state index < -0.39 is 0 Å². The zero-order valence-electron chi connectivity index (χ0n) is 13.3. The Morgan fingerprint density at radius 3 is 2.77 bits per heavy atom. The van der Waals surface area contributed by atoms with Gasteiger partial charge in [0.1, 0.15) is 12.4 Å². The van der Waals surface area contributed by atoms with Gasteiger partial charge in [-0.15, -0.1) is 0 Å². The van der Waals surface area contributed by atoms with Gasteiger partial charge < -0.3 is 9.64 Å². The molecular weight excluding hydrogens is 278 g/mol. The summed E-state index contributed by atoms with van der Waals surface area (Å²) in [5, 5.41) is 0. The lowest BCUT2D eigenvalue weighted by Crippen LogP contribution is -2.43. The zero-order valence-corrected chi connectivity index (χ0v) is 13.3. The third kappa shape index (κ3) is 4.95. The van der Waals surface area contributed by atoms with Gasteiger partial charge >= 0.3 is 0 Å². The highest BCUT2D eigenvalue weighted by Crippen LogP contribution is 2.19. The lowest BCUT2D eigenvalue weighted by Gasteiger charge is -2.32. The van der Waals surface area contributed by atoms with E-state index in [-0.39, 0.29) is 24.2 Å². The first-order chi connectivity index (χ1) is 10.7. The highest BCUT2D eigenvalue weighted by atomic mass is 16.5. The molecule has 0 bridgehead atoms. The topological polar surface area (TPSA) is 46.6 Å². The number of carbonyl (C=O) groups excluding carboxylic acids is 2. The molecule has 1 atom stereocenters. The van der Waals surface area contributed by atoms with Gasteiger partial charge in [-0.2, -0.15) is 0 Å². The maximum atomic E-state index is 12.4. The molecule has 1 saturated heterocycles. The second kappa shape index (κ2) is 8.69. The number of piperidine rings is 1. The minimum Gasteiger partial charge on any atom is -0.372 e. The van der Waals surface area contributed by atoms with Gasteiger partial charge in [-0.1, -0.05) is 30.3 Å². The van der Waals surface area contributed by atoms with Gasteiger partial charge in [0.15, 0.2) is 0 Å². The Balaban J connectivity index is 1.81. The summed E-state index contributed by atoms with van der Waals surface area (Å²) in [7, 11) is 0. The maximum Gasteiger partial charge on any atom is 0.248 e. The molecule has 120 valence electrons. The molecule has 0 aliphatic carbocycles. The fraction of sp³-hybridized carbons (Fsp3) is 0.556. The van der Waals surface area contributed by atoms with Crippen molar-refractivity contribution < 1.29 is 14.3 Å². The van der Waals surface area contributed by atoms with Gasteiger partial charge in [0, 0.05) is 32.0 Å². The van der Waals surface area contributed by atoms with Crippen molar-refractivity contribution in [1.82, 2.24) is 4.90 Å². The Morgan fingerprint density at radius 1 is 1.27 bits per heavy atom. The molecule has 0 aromatic heterocycles. The lowest BCUT2D eigenvalue weighted by molar-refractivity contribution is -0.139. The largest absolute Gasteiger partial charge is 0.372 e. The lowest BCUT2D eigenvalue weighted by atomic mass is 9.90. The van der Waals surface area contributed by atoms with Crippen molar-refractivity contribution in [2.45, 2.75) is 32.6 Å². The number of nitrogens with zero attached hydrogens (tertiary/aromatic N) is 1. The molecule has 1 aromatic rings. The number of ketones is 1. The van der Waals surface area contributed by atoms with Crippen LogP contribution in [0.15, 0.2) is 30.3 Å². The Labute approximate surface area is 132 Å². The second-order valence-electron chi connectivity index (χ2n) is 5.77. The van der Waals surface area contributed by atoms with Gasteiger partial charge in [0.05, 0.1) is 0 Å². The van der Waals surface area contributed by atoms with Crippen LogP contribution in [0.4, 0.5) is 0 Å². The molecule has 0 N–H and O–H groups in total. The van der Waals surface area contributed by atoms with Crippen LogP contribution in [0.3, 0.4) is 0 Å². The van der Waals surface area contributed by atoms with E-state index in [0.29, 0.717) is 19.6 Å². The molecule has 22 heavy (non-hydrogen) atoms. The Morgan fingerprint density at radius 2 is 2.05 bits per heavy atom. The highest BCUT2D eigenvalue weighted by molar-refractivity contribution is 5.83. The van der Waals surface area contributed by atoms with Gasteiger partial charge in [-0.05, 0) is 31.7 Å². The van der Waals surface area contributed by atoms with Crippen LogP contribution in [0.25, 0.3) is 0 Å². The zero-order chi connectivity index (χ0) is 15.8. The number of benzene rings is 1. The molecule has 0 saturated carbocycles. The predicted molar refractivity (Wildman–Crippen MR) is 85.6 cm³/mol. The molecule has 0 radical (unpaired) electrons. The number of amides is 1. The molecule has 4 nitrogen and oxygen atoms in total. The third-order valence-corrected chi connectivity index (χ3v) is 4.16. The summed E-state index contributed by atoms with van der Waals surface area (Å²) >= 11 is 0. The standard InChI is InChI=1S/C18H25NO3/c1-2-22-14-18(21)19-12-6-9-16(13-19)17(20)11-10-15-7-4-3-5-8-15/h3-5,7-8,16H,2,6,9-14H2,1H3. The van der Waals surface area contributed by atoms with Crippen LogP contribution >= 0.6 is 0 Å². The van der Waals surface area contributed by atoms with E-state index in [1.165, 1.54) is 5.56 Å². The van der Waals surface area contributed by atoms with Crippen molar-refractivity contribution >= 4 is 11.7 Å². The number of ether oxygens (including phenoxy) is 1. The van der Waals surface area contributed by atoms with Crippen molar-refractivity contribution in [2.24, 2.45) is 5.92 Å². The number of hydrogen-bond donors (Lipinski definition) is 0. The van der Waals surface area contributed by atoms with Crippen LogP contribution in [0.2, 0.25) is 0 Å².